The molecule has 1 heterocycles. The topological polar surface area (TPSA) is 84.9 Å². The maximum absolute atomic E-state index is 13.4. The molecule has 1 fully saturated rings. The highest BCUT2D eigenvalue weighted by Gasteiger charge is 2.35. The molecule has 0 bridgehead atoms. The SMILES string of the molecule is CCOc1cc(/C=C2\SC(=O)N(Cc3ccc(F)cc3Cl)C2=O)ccc1OCC(=O)Nc1ccc(C)cc1C. The van der Waals surface area contributed by atoms with Gasteiger partial charge in [0.05, 0.1) is 18.1 Å². The summed E-state index contributed by atoms with van der Waals surface area (Å²) in [4.78, 5) is 39.2. The largest absolute Gasteiger partial charge is 0.490 e. The van der Waals surface area contributed by atoms with Gasteiger partial charge in [-0.1, -0.05) is 41.4 Å². The number of benzene rings is 3. The Bertz CT molecular complexity index is 1480. The molecule has 0 aromatic heterocycles. The Morgan fingerprint density at radius 1 is 1.05 bits per heavy atom. The number of nitrogens with zero attached hydrogens (tertiary/aromatic N) is 1. The van der Waals surface area contributed by atoms with Crippen LogP contribution in [0, 0.1) is 19.7 Å². The normalized spacial score (nSPS) is 14.2. The van der Waals surface area contributed by atoms with Crippen molar-refractivity contribution in [3.05, 3.63) is 92.6 Å². The highest BCUT2D eigenvalue weighted by atomic mass is 35.5. The van der Waals surface area contributed by atoms with Gasteiger partial charge in [-0.05, 0) is 85.6 Å². The summed E-state index contributed by atoms with van der Waals surface area (Å²) in [5.41, 5.74) is 3.84. The van der Waals surface area contributed by atoms with Crippen molar-refractivity contribution in [2.45, 2.75) is 27.3 Å². The first-order chi connectivity index (χ1) is 18.6. The van der Waals surface area contributed by atoms with Crippen LogP contribution in [0.25, 0.3) is 6.08 Å². The molecule has 4 rings (SSSR count). The monoisotopic (exact) mass is 568 g/mol. The van der Waals surface area contributed by atoms with E-state index in [-0.39, 0.29) is 29.0 Å². The molecule has 3 amide bonds. The van der Waals surface area contributed by atoms with Crippen LogP contribution in [-0.4, -0.2) is 35.2 Å². The van der Waals surface area contributed by atoms with Crippen molar-refractivity contribution >= 4 is 52.2 Å². The number of amides is 3. The number of ether oxygens (including phenoxy) is 2. The predicted octanol–water partition coefficient (Wildman–Crippen LogP) is 6.75. The van der Waals surface area contributed by atoms with Crippen molar-refractivity contribution in [2.24, 2.45) is 0 Å². The first-order valence-electron chi connectivity index (χ1n) is 12.1. The zero-order valence-electron chi connectivity index (χ0n) is 21.5. The van der Waals surface area contributed by atoms with E-state index in [0.29, 0.717) is 34.9 Å². The van der Waals surface area contributed by atoms with E-state index < -0.39 is 17.0 Å². The minimum absolute atomic E-state index is 0.0672. The van der Waals surface area contributed by atoms with Crippen LogP contribution in [0.3, 0.4) is 0 Å². The number of aryl methyl sites for hydroxylation is 2. The molecule has 202 valence electrons. The van der Waals surface area contributed by atoms with Gasteiger partial charge in [0.15, 0.2) is 18.1 Å². The molecule has 0 atom stereocenters. The lowest BCUT2D eigenvalue weighted by Crippen LogP contribution is -2.27. The van der Waals surface area contributed by atoms with Crippen molar-refractivity contribution < 1.29 is 28.2 Å². The summed E-state index contributed by atoms with van der Waals surface area (Å²) in [6, 6.07) is 14.6. The van der Waals surface area contributed by atoms with Gasteiger partial charge in [-0.3, -0.25) is 19.3 Å². The van der Waals surface area contributed by atoms with Crippen LogP contribution in [0.4, 0.5) is 14.9 Å². The highest BCUT2D eigenvalue weighted by Crippen LogP contribution is 2.36. The van der Waals surface area contributed by atoms with Gasteiger partial charge in [0.2, 0.25) is 0 Å². The third-order valence-electron chi connectivity index (χ3n) is 5.80. The molecule has 0 aliphatic carbocycles. The van der Waals surface area contributed by atoms with Crippen LogP contribution in [0.2, 0.25) is 5.02 Å². The standard InChI is InChI=1S/C29H26ClFN2O5S/c1-4-37-25-12-19(6-10-24(25)38-16-27(34)32-23-9-5-17(2)11-18(23)3)13-26-28(35)33(29(36)39-26)15-20-7-8-21(31)14-22(20)30/h5-14H,4,15-16H2,1-3H3,(H,32,34)/b26-13-. The number of thioether (sulfide) groups is 1. The van der Waals surface area contributed by atoms with E-state index >= 15 is 0 Å². The highest BCUT2D eigenvalue weighted by molar-refractivity contribution is 8.18. The zero-order valence-corrected chi connectivity index (χ0v) is 23.1. The number of carbonyl (C=O) groups is 3. The Hall–Kier alpha value is -3.82. The number of anilines is 1. The van der Waals surface area contributed by atoms with E-state index in [1.807, 2.05) is 39.0 Å². The van der Waals surface area contributed by atoms with E-state index in [1.165, 1.54) is 12.1 Å². The van der Waals surface area contributed by atoms with E-state index in [9.17, 15) is 18.8 Å². The smallest absolute Gasteiger partial charge is 0.293 e. The molecule has 10 heteroatoms. The first-order valence-corrected chi connectivity index (χ1v) is 13.3. The Balaban J connectivity index is 1.45. The second-order valence-electron chi connectivity index (χ2n) is 8.80. The predicted molar refractivity (Wildman–Crippen MR) is 151 cm³/mol. The lowest BCUT2D eigenvalue weighted by molar-refractivity contribution is -0.123. The van der Waals surface area contributed by atoms with Crippen LogP contribution in [-0.2, 0) is 16.1 Å². The van der Waals surface area contributed by atoms with Gasteiger partial charge in [0, 0.05) is 10.7 Å². The zero-order chi connectivity index (χ0) is 28.1. The van der Waals surface area contributed by atoms with Gasteiger partial charge in [0.1, 0.15) is 5.82 Å². The summed E-state index contributed by atoms with van der Waals surface area (Å²) >= 11 is 6.87. The maximum Gasteiger partial charge on any atom is 0.293 e. The average Bonchev–Trinajstić information content (AvgIpc) is 3.14. The molecule has 7 nitrogen and oxygen atoms in total. The molecule has 0 saturated carbocycles. The Morgan fingerprint density at radius 2 is 1.85 bits per heavy atom. The van der Waals surface area contributed by atoms with Gasteiger partial charge in [-0.2, -0.15) is 0 Å². The first kappa shape index (κ1) is 28.2. The van der Waals surface area contributed by atoms with Crippen molar-refractivity contribution in [1.29, 1.82) is 0 Å². The molecule has 39 heavy (non-hydrogen) atoms. The summed E-state index contributed by atoms with van der Waals surface area (Å²) in [5, 5.41) is 2.52. The van der Waals surface area contributed by atoms with Gasteiger partial charge in [0.25, 0.3) is 17.1 Å². The van der Waals surface area contributed by atoms with E-state index in [0.717, 1.165) is 33.9 Å². The van der Waals surface area contributed by atoms with Gasteiger partial charge in [-0.25, -0.2) is 4.39 Å². The number of hydrogen-bond acceptors (Lipinski definition) is 6. The number of rotatable bonds is 9. The number of halogens is 2. The molecule has 1 aliphatic rings. The van der Waals surface area contributed by atoms with Gasteiger partial charge in [-0.15, -0.1) is 0 Å². The molecular weight excluding hydrogens is 543 g/mol. The van der Waals surface area contributed by atoms with Crippen molar-refractivity contribution in [2.75, 3.05) is 18.5 Å². The summed E-state index contributed by atoms with van der Waals surface area (Å²) < 4.78 is 24.8. The third kappa shape index (κ3) is 6.99. The van der Waals surface area contributed by atoms with Crippen LogP contribution in [0.5, 0.6) is 11.5 Å². The quantitative estimate of drug-likeness (QED) is 0.287. The molecule has 1 saturated heterocycles. The number of carbonyl (C=O) groups excluding carboxylic acids is 3. The Morgan fingerprint density at radius 3 is 2.56 bits per heavy atom. The fraction of sp³-hybridized carbons (Fsp3) is 0.207. The minimum atomic E-state index is -0.502. The van der Waals surface area contributed by atoms with Crippen molar-refractivity contribution in [1.82, 2.24) is 4.90 Å². The average molecular weight is 569 g/mol. The lowest BCUT2D eigenvalue weighted by atomic mass is 10.1. The Kier molecular flexibility index (Phi) is 8.93. The minimum Gasteiger partial charge on any atom is -0.490 e. The second kappa shape index (κ2) is 12.4. The fourth-order valence-electron chi connectivity index (χ4n) is 3.89. The van der Waals surface area contributed by atoms with Gasteiger partial charge < -0.3 is 14.8 Å². The fourth-order valence-corrected chi connectivity index (χ4v) is 4.96. The maximum atomic E-state index is 13.4. The van der Waals surface area contributed by atoms with E-state index in [2.05, 4.69) is 5.32 Å². The van der Waals surface area contributed by atoms with Crippen molar-refractivity contribution in [3.8, 4) is 11.5 Å². The van der Waals surface area contributed by atoms with E-state index in [4.69, 9.17) is 21.1 Å². The van der Waals surface area contributed by atoms with Crippen LogP contribution in [0.15, 0.2) is 59.5 Å². The summed E-state index contributed by atoms with van der Waals surface area (Å²) in [6.07, 6.45) is 1.58. The third-order valence-corrected chi connectivity index (χ3v) is 7.06. The van der Waals surface area contributed by atoms with Crippen molar-refractivity contribution in [3.63, 3.8) is 0 Å². The molecule has 0 radical (unpaired) electrons. The number of hydrogen-bond donors (Lipinski definition) is 1. The molecule has 1 aliphatic heterocycles. The summed E-state index contributed by atoms with van der Waals surface area (Å²) in [5.74, 6) is -0.542. The molecular formula is C29H26ClFN2O5S. The van der Waals surface area contributed by atoms with Crippen LogP contribution >= 0.6 is 23.4 Å². The van der Waals surface area contributed by atoms with Gasteiger partial charge >= 0.3 is 0 Å². The second-order valence-corrected chi connectivity index (χ2v) is 10.2. The van der Waals surface area contributed by atoms with E-state index in [1.54, 1.807) is 24.3 Å². The summed E-state index contributed by atoms with van der Waals surface area (Å²) in [6.45, 7) is 5.77. The van der Waals surface area contributed by atoms with Crippen LogP contribution in [0.1, 0.15) is 29.2 Å². The molecule has 3 aromatic rings. The molecule has 3 aromatic carbocycles. The lowest BCUT2D eigenvalue weighted by Gasteiger charge is -2.14. The summed E-state index contributed by atoms with van der Waals surface area (Å²) in [7, 11) is 0. The molecule has 0 spiro atoms. The molecule has 1 N–H and O–H groups in total. The van der Waals surface area contributed by atoms with Crippen LogP contribution < -0.4 is 14.8 Å². The molecule has 0 unspecified atom stereocenters. The Labute approximate surface area is 234 Å². The number of nitrogens with one attached hydrogen (secondary N) is 1. The number of imide groups is 1.